The largest absolute Gasteiger partial charge is 1.00 e. The molecule has 22 nitrogen and oxygen atoms in total. The van der Waals surface area contributed by atoms with Gasteiger partial charge in [-0.25, -0.2) is 50.5 Å². The van der Waals surface area contributed by atoms with Crippen molar-refractivity contribution in [3.8, 4) is 0 Å². The molecule has 5 aromatic rings. The molecule has 2 aliphatic heterocycles. The topological polar surface area (TPSA) is 387 Å². The Kier molecular flexibility index (Phi) is 33.1. The normalized spacial score (nSPS) is 16.3. The molecule has 88 heavy (non-hydrogen) atoms. The number of fused-ring (bicyclic) bond motifs is 6. The Hall–Kier alpha value is 0.110. The fourth-order valence-corrected chi connectivity index (χ4v) is 14.8. The van der Waals surface area contributed by atoms with E-state index < -0.39 is 115 Å². The van der Waals surface area contributed by atoms with Crippen LogP contribution in [0, 0.1) is 0 Å². The van der Waals surface area contributed by atoms with Gasteiger partial charge in [-0.2, -0.15) is 0 Å². The second-order valence-electron chi connectivity index (χ2n) is 21.1. The van der Waals surface area contributed by atoms with Crippen molar-refractivity contribution in [3.63, 3.8) is 0 Å². The first-order chi connectivity index (χ1) is 37.8. The van der Waals surface area contributed by atoms with Crippen molar-refractivity contribution in [2.45, 2.75) is 116 Å². The summed E-state index contributed by atoms with van der Waals surface area (Å²) in [6.45, 7) is 7.13. The molecule has 0 spiro atoms. The van der Waals surface area contributed by atoms with Crippen LogP contribution in [0.2, 0.25) is 0 Å². The monoisotopic (exact) mass is 1380 g/mol. The maximum atomic E-state index is 12.6. The van der Waals surface area contributed by atoms with Gasteiger partial charge in [-0.05, 0) is 137 Å². The van der Waals surface area contributed by atoms with Gasteiger partial charge in [-0.1, -0.05) is 94.5 Å². The van der Waals surface area contributed by atoms with E-state index in [4.69, 9.17) is 0 Å². The van der Waals surface area contributed by atoms with Gasteiger partial charge >= 0.3 is 183 Å². The summed E-state index contributed by atoms with van der Waals surface area (Å²) >= 11 is 0. The first kappa shape index (κ1) is 86.1. The van der Waals surface area contributed by atoms with Crippen LogP contribution in [0.25, 0.3) is 27.1 Å². The third-order valence-corrected chi connectivity index (χ3v) is 19.6. The number of benzene rings is 5. The van der Waals surface area contributed by atoms with Crippen LogP contribution in [-0.4, -0.2) is 120 Å². The van der Waals surface area contributed by atoms with Crippen molar-refractivity contribution >= 4 is 105 Å². The van der Waals surface area contributed by atoms with E-state index in [0.717, 1.165) is 17.7 Å². The van der Waals surface area contributed by atoms with Gasteiger partial charge in [0.1, 0.15) is 40.5 Å². The molecule has 0 amide bonds. The van der Waals surface area contributed by atoms with Crippen LogP contribution in [0.5, 0.6) is 0 Å². The van der Waals surface area contributed by atoms with Crippen LogP contribution in [-0.2, 0) is 82.8 Å². The number of hydrogen-bond donors (Lipinski definition) is 1. The number of allylic oxidation sites excluding steroid dienone is 7. The molecule has 5 aromatic carbocycles. The summed E-state index contributed by atoms with van der Waals surface area (Å²) in [7, 11) is -30.6. The van der Waals surface area contributed by atoms with Gasteiger partial charge in [0.15, 0.2) is 0 Å². The van der Waals surface area contributed by atoms with Crippen molar-refractivity contribution in [2.75, 3.05) is 34.4 Å². The molecule has 0 saturated heterocycles. The molecular formula is C54H56N2Na6O20S6. The molecule has 2 aliphatic rings. The summed E-state index contributed by atoms with van der Waals surface area (Å²) in [5.74, 6) is -2.32. The number of hydrogen-bond acceptors (Lipinski definition) is 21. The quantitative estimate of drug-likeness (QED) is 0.0259. The number of nitrogens with zero attached hydrogens (tertiary/aromatic N) is 2. The van der Waals surface area contributed by atoms with E-state index in [1.807, 2.05) is 17.0 Å². The molecule has 1 atom stereocenters. The number of aryl methyl sites for hydroxylation is 1. The summed E-state index contributed by atoms with van der Waals surface area (Å²) in [4.78, 5) is 11.1. The Bertz CT molecular complexity index is 4260. The van der Waals surface area contributed by atoms with Gasteiger partial charge in [0.25, 0.3) is 0 Å². The minimum atomic E-state index is -5.37. The fraction of sp³-hybridized carbons (Fsp3) is 0.352. The Morgan fingerprint density at radius 3 is 1.55 bits per heavy atom. The van der Waals surface area contributed by atoms with Gasteiger partial charge in [0, 0.05) is 58.9 Å². The Labute approximate surface area is 647 Å². The third-order valence-electron chi connectivity index (χ3n) is 14.6. The Balaban J connectivity index is 0.00000645. The zero-order valence-corrected chi connectivity index (χ0v) is 67.4. The van der Waals surface area contributed by atoms with E-state index in [2.05, 4.69) is 0 Å². The summed E-state index contributed by atoms with van der Waals surface area (Å²) < 4.78 is 220. The molecule has 1 N–H and O–H groups in total. The molecular weight excluding hydrogens is 1330 g/mol. The molecule has 0 saturated carbocycles. The van der Waals surface area contributed by atoms with Gasteiger partial charge < -0.3 is 42.2 Å². The summed E-state index contributed by atoms with van der Waals surface area (Å²) in [5.41, 5.74) is 1.69. The average molecular weight is 1380 g/mol. The minimum absolute atomic E-state index is 0. The van der Waals surface area contributed by atoms with Gasteiger partial charge in [0.05, 0.1) is 45.9 Å². The van der Waals surface area contributed by atoms with Crippen molar-refractivity contribution in [1.29, 1.82) is 0 Å². The zero-order chi connectivity index (χ0) is 60.8. The minimum Gasteiger partial charge on any atom is -0.748 e. The van der Waals surface area contributed by atoms with Crippen molar-refractivity contribution in [3.05, 3.63) is 137 Å². The molecule has 1 unspecified atom stereocenters. The number of carboxylic acid groups (broad SMARTS) is 1. The van der Waals surface area contributed by atoms with Crippen LogP contribution >= 0.6 is 0 Å². The third kappa shape index (κ3) is 21.3. The molecule has 2 heterocycles. The van der Waals surface area contributed by atoms with E-state index in [1.54, 1.807) is 81.2 Å². The first-order valence-electron chi connectivity index (χ1n) is 25.4. The molecule has 0 aromatic heterocycles. The van der Waals surface area contributed by atoms with Crippen LogP contribution in [0.15, 0.2) is 135 Å². The zero-order valence-electron chi connectivity index (χ0n) is 50.5. The van der Waals surface area contributed by atoms with Crippen molar-refractivity contribution < 1.29 is 265 Å². The second-order valence-corrected chi connectivity index (χ2v) is 29.6. The number of anilines is 2. The van der Waals surface area contributed by atoms with Crippen LogP contribution in [0.3, 0.4) is 0 Å². The Morgan fingerprint density at radius 2 is 1.06 bits per heavy atom. The van der Waals surface area contributed by atoms with Crippen molar-refractivity contribution in [1.82, 2.24) is 0 Å². The van der Waals surface area contributed by atoms with Gasteiger partial charge in [0.2, 0.25) is 0 Å². The first-order valence-corrected chi connectivity index (χ1v) is 34.2. The maximum absolute atomic E-state index is 12.6. The fourth-order valence-electron chi connectivity index (χ4n) is 11.0. The van der Waals surface area contributed by atoms with E-state index in [0.29, 0.717) is 70.7 Å². The predicted molar refractivity (Wildman–Crippen MR) is 298 cm³/mol. The van der Waals surface area contributed by atoms with Crippen molar-refractivity contribution in [2.24, 2.45) is 0 Å². The van der Waals surface area contributed by atoms with E-state index in [9.17, 15) is 87.7 Å². The van der Waals surface area contributed by atoms with E-state index >= 15 is 0 Å². The van der Waals surface area contributed by atoms with Gasteiger partial charge in [-0.3, -0.25) is 4.79 Å². The van der Waals surface area contributed by atoms with Gasteiger partial charge in [-0.15, -0.1) is 0 Å². The molecule has 0 bridgehead atoms. The number of aliphatic carboxylic acids is 1. The molecule has 0 aliphatic carbocycles. The maximum Gasteiger partial charge on any atom is 1.00 e. The van der Waals surface area contributed by atoms with E-state index in [-0.39, 0.29) is 244 Å². The number of rotatable bonds is 24. The smallest absolute Gasteiger partial charge is 0.748 e. The summed E-state index contributed by atoms with van der Waals surface area (Å²) in [6, 6.07) is 15.2. The molecule has 444 valence electrons. The molecule has 0 radical (unpaired) electrons. The predicted octanol–water partition coefficient (Wildman–Crippen LogP) is -11.6. The second kappa shape index (κ2) is 33.9. The van der Waals surface area contributed by atoms with E-state index in [1.165, 1.54) is 24.3 Å². The van der Waals surface area contributed by atoms with Crippen LogP contribution in [0.1, 0.15) is 94.9 Å². The van der Waals surface area contributed by atoms with Crippen LogP contribution in [0.4, 0.5) is 11.4 Å². The summed E-state index contributed by atoms with van der Waals surface area (Å²) in [6.07, 6.45) is 11.8. The summed E-state index contributed by atoms with van der Waals surface area (Å²) in [5, 5.41) is 8.85. The molecule has 34 heteroatoms. The number of unbranched alkanes of at least 4 members (excludes halogenated alkanes) is 3. The molecule has 7 rings (SSSR count). The molecule has 0 fully saturated rings. The standard InChI is InChI=1S/C54H62N2O20S6.6Na/c1-53(2)48(55(26-9-11-28-77(59,60)61)44-23-21-40-42(51(44)53)31-38(79(65,66)67)33-46(40)81(71,72)73)18-7-6-16-36(37-17-13-15-35(30-37)14-5-8-19-50(57)58)20-25-49-54(3,4)52-43-32-39(80(68,69)70)34-47(82(74,75)76)41(43)22-24-45(52)56(49)27-10-12-29-78(62,63)64;;;;;;/h6-7,13,15-18,20-25,30-34,49H,5,8-12,14,19,26-29H2,1-4H3,(H,57,58)(H,59,60,61)(H,62,63,64)(H,65,66,67)(H,68,69,70)(H,71,72,73)(H,74,75,76);;;;;;/q;6*+1/p-6/b7-6+,25-20+,36-16-,48-18+;;;;;;. The Morgan fingerprint density at radius 1 is 0.557 bits per heavy atom. The van der Waals surface area contributed by atoms with Crippen LogP contribution < -0.4 is 187 Å². The average Bonchev–Trinajstić information content (AvgIpc) is 1.51. The number of carboxylic acids is 1. The number of carbonyl (C=O) groups is 1. The SMILES string of the molecule is CC1(C)\C(=C/C=C/C=C(/C=C/C2N(CCCCS(=O)(=O)[O-])c3ccc4c(S(=O)(=O)[O-])cc(S(=O)(=O)[O-])cc4c3C2(C)C)c2cccc(CCCCC(=O)O)c2)N(CCCCS(=O)(=O)[O-])c2ccc3c(S(=O)(=O)[O-])cc(S(=O)(=O)[O-])cc3c21.[Na+].[Na+].[Na+].[Na+].[Na+].[Na+].